The summed E-state index contributed by atoms with van der Waals surface area (Å²) in [6.07, 6.45) is 1.31. The maximum absolute atomic E-state index is 11.6. The van der Waals surface area contributed by atoms with Crippen molar-refractivity contribution in [2.45, 2.75) is 18.3 Å². The number of likely N-dealkylation sites (tertiary alicyclic amines) is 1. The summed E-state index contributed by atoms with van der Waals surface area (Å²) >= 11 is 5.84. The highest BCUT2D eigenvalue weighted by atomic mass is 35.5. The maximum Gasteiger partial charge on any atom is 0.314 e. The van der Waals surface area contributed by atoms with Crippen molar-refractivity contribution in [1.29, 1.82) is 0 Å². The van der Waals surface area contributed by atoms with Crippen LogP contribution in [0.4, 0.5) is 0 Å². The van der Waals surface area contributed by atoms with Gasteiger partial charge in [-0.25, -0.2) is 0 Å². The molecule has 1 fully saturated rings. The molecule has 0 aliphatic carbocycles. The third-order valence-electron chi connectivity index (χ3n) is 3.65. The first kappa shape index (κ1) is 12.4. The van der Waals surface area contributed by atoms with Crippen LogP contribution in [0.25, 0.3) is 0 Å². The molecule has 2 rings (SSSR count). The second-order valence-electron chi connectivity index (χ2n) is 4.70. The molecule has 0 bridgehead atoms. The van der Waals surface area contributed by atoms with Gasteiger partial charge in [0.15, 0.2) is 0 Å². The number of hydrogen-bond acceptors (Lipinski definition) is 2. The number of carboxylic acid groups (broad SMARTS) is 1. The summed E-state index contributed by atoms with van der Waals surface area (Å²) in [6.45, 7) is 1.63. The first-order valence-corrected chi connectivity index (χ1v) is 6.10. The minimum atomic E-state index is -0.739. The summed E-state index contributed by atoms with van der Waals surface area (Å²) in [5, 5.41) is 10.2. The molecule has 4 heteroatoms. The van der Waals surface area contributed by atoms with E-state index in [4.69, 9.17) is 11.6 Å². The van der Waals surface area contributed by atoms with Crippen LogP contribution < -0.4 is 0 Å². The van der Waals surface area contributed by atoms with Gasteiger partial charge in [-0.1, -0.05) is 23.7 Å². The quantitative estimate of drug-likeness (QED) is 0.880. The van der Waals surface area contributed by atoms with E-state index < -0.39 is 11.4 Å². The zero-order valence-electron chi connectivity index (χ0n) is 9.82. The molecule has 1 aromatic rings. The summed E-state index contributed by atoms with van der Waals surface area (Å²) in [7, 11) is 2.02. The smallest absolute Gasteiger partial charge is 0.314 e. The monoisotopic (exact) mass is 253 g/mol. The molecule has 3 nitrogen and oxygen atoms in total. The molecule has 1 heterocycles. The Morgan fingerprint density at radius 3 is 2.29 bits per heavy atom. The fourth-order valence-corrected chi connectivity index (χ4v) is 2.52. The van der Waals surface area contributed by atoms with Gasteiger partial charge in [0.2, 0.25) is 0 Å². The van der Waals surface area contributed by atoms with Crippen molar-refractivity contribution < 1.29 is 9.90 Å². The van der Waals surface area contributed by atoms with Crippen LogP contribution in [0.2, 0.25) is 5.02 Å². The van der Waals surface area contributed by atoms with E-state index in [1.165, 1.54) is 0 Å². The summed E-state index contributed by atoms with van der Waals surface area (Å²) in [4.78, 5) is 13.8. The molecular weight excluding hydrogens is 238 g/mol. The van der Waals surface area contributed by atoms with Crippen molar-refractivity contribution in [1.82, 2.24) is 4.90 Å². The van der Waals surface area contributed by atoms with Crippen LogP contribution in [0.1, 0.15) is 18.4 Å². The molecule has 0 amide bonds. The Balaban J connectivity index is 2.35. The molecule has 17 heavy (non-hydrogen) atoms. The van der Waals surface area contributed by atoms with Crippen molar-refractivity contribution >= 4 is 17.6 Å². The predicted octanol–water partition coefficient (Wildman–Crippen LogP) is 2.39. The van der Waals surface area contributed by atoms with Crippen LogP contribution in [0.5, 0.6) is 0 Å². The highest BCUT2D eigenvalue weighted by molar-refractivity contribution is 6.30. The van der Waals surface area contributed by atoms with E-state index in [-0.39, 0.29) is 0 Å². The van der Waals surface area contributed by atoms with Crippen LogP contribution in [-0.4, -0.2) is 36.1 Å². The largest absolute Gasteiger partial charge is 0.481 e. The van der Waals surface area contributed by atoms with E-state index in [0.29, 0.717) is 17.9 Å². The van der Waals surface area contributed by atoms with Gasteiger partial charge >= 0.3 is 5.97 Å². The van der Waals surface area contributed by atoms with Crippen molar-refractivity contribution in [3.8, 4) is 0 Å². The summed E-state index contributed by atoms with van der Waals surface area (Å²) in [6, 6.07) is 7.20. The molecule has 0 spiro atoms. The molecule has 1 aliphatic rings. The first-order chi connectivity index (χ1) is 8.04. The molecule has 0 unspecified atom stereocenters. The van der Waals surface area contributed by atoms with Crippen LogP contribution in [-0.2, 0) is 10.2 Å². The fourth-order valence-electron chi connectivity index (χ4n) is 2.40. The Hall–Kier alpha value is -1.06. The Morgan fingerprint density at radius 2 is 1.82 bits per heavy atom. The number of nitrogens with zero attached hydrogens (tertiary/aromatic N) is 1. The average molecular weight is 254 g/mol. The fraction of sp³-hybridized carbons (Fsp3) is 0.462. The number of aliphatic carboxylic acids is 1. The summed E-state index contributed by atoms with van der Waals surface area (Å²) in [5.41, 5.74) is 0.124. The normalized spacial score (nSPS) is 20.1. The number of rotatable bonds is 2. The minimum Gasteiger partial charge on any atom is -0.481 e. The molecule has 0 radical (unpaired) electrons. The van der Waals surface area contributed by atoms with E-state index in [1.54, 1.807) is 12.1 Å². The van der Waals surface area contributed by atoms with Crippen LogP contribution in [0, 0.1) is 0 Å². The van der Waals surface area contributed by atoms with Gasteiger partial charge in [0.1, 0.15) is 0 Å². The Bertz CT molecular complexity index is 408. The first-order valence-electron chi connectivity index (χ1n) is 5.72. The molecule has 1 aliphatic heterocycles. The number of hydrogen-bond donors (Lipinski definition) is 1. The van der Waals surface area contributed by atoms with Gasteiger partial charge in [0.05, 0.1) is 5.41 Å². The molecule has 0 atom stereocenters. The zero-order chi connectivity index (χ0) is 12.5. The van der Waals surface area contributed by atoms with Gasteiger partial charge in [-0.3, -0.25) is 4.79 Å². The van der Waals surface area contributed by atoms with E-state index in [9.17, 15) is 9.90 Å². The SMILES string of the molecule is CN1CCC(C(=O)O)(c2ccc(Cl)cc2)CC1. The lowest BCUT2D eigenvalue weighted by Crippen LogP contribution is -2.46. The molecular formula is C13H16ClNO2. The second kappa shape index (κ2) is 4.67. The minimum absolute atomic E-state index is 0.641. The van der Waals surface area contributed by atoms with E-state index in [1.807, 2.05) is 19.2 Å². The van der Waals surface area contributed by atoms with Crippen LogP contribution in [0.3, 0.4) is 0 Å². The lowest BCUT2D eigenvalue weighted by molar-refractivity contribution is -0.145. The van der Waals surface area contributed by atoms with Crippen molar-refractivity contribution in [3.05, 3.63) is 34.9 Å². The van der Waals surface area contributed by atoms with Crippen molar-refractivity contribution in [2.75, 3.05) is 20.1 Å². The molecule has 1 N–H and O–H groups in total. The third kappa shape index (κ3) is 2.31. The Morgan fingerprint density at radius 1 is 1.29 bits per heavy atom. The van der Waals surface area contributed by atoms with Crippen LogP contribution in [0.15, 0.2) is 24.3 Å². The van der Waals surface area contributed by atoms with Gasteiger partial charge in [-0.15, -0.1) is 0 Å². The number of piperidine rings is 1. The highest BCUT2D eigenvalue weighted by Crippen LogP contribution is 2.36. The number of carbonyl (C=O) groups is 1. The lowest BCUT2D eigenvalue weighted by atomic mass is 9.73. The topological polar surface area (TPSA) is 40.5 Å². The maximum atomic E-state index is 11.6. The molecule has 0 aromatic heterocycles. The standard InChI is InChI=1S/C13H16ClNO2/c1-15-8-6-13(7-9-15,12(16)17)10-2-4-11(14)5-3-10/h2-5H,6-9H2,1H3,(H,16,17). The average Bonchev–Trinajstić information content (AvgIpc) is 2.31. The van der Waals surface area contributed by atoms with Gasteiger partial charge in [-0.2, -0.15) is 0 Å². The molecule has 0 saturated carbocycles. The van der Waals surface area contributed by atoms with Gasteiger partial charge < -0.3 is 10.0 Å². The molecule has 1 saturated heterocycles. The Labute approximate surface area is 106 Å². The van der Waals surface area contributed by atoms with Gasteiger partial charge in [0.25, 0.3) is 0 Å². The third-order valence-corrected chi connectivity index (χ3v) is 3.90. The summed E-state index contributed by atoms with van der Waals surface area (Å²) in [5.74, 6) is -0.729. The number of halogens is 1. The number of benzene rings is 1. The van der Waals surface area contributed by atoms with Gasteiger partial charge in [-0.05, 0) is 50.7 Å². The van der Waals surface area contributed by atoms with Crippen molar-refractivity contribution in [2.24, 2.45) is 0 Å². The predicted molar refractivity (Wildman–Crippen MR) is 67.5 cm³/mol. The van der Waals surface area contributed by atoms with E-state index in [2.05, 4.69) is 4.90 Å². The second-order valence-corrected chi connectivity index (χ2v) is 5.13. The zero-order valence-corrected chi connectivity index (χ0v) is 10.6. The molecule has 1 aromatic carbocycles. The Kier molecular flexibility index (Phi) is 3.40. The molecule has 92 valence electrons. The van der Waals surface area contributed by atoms with Crippen molar-refractivity contribution in [3.63, 3.8) is 0 Å². The van der Waals surface area contributed by atoms with E-state index in [0.717, 1.165) is 18.7 Å². The van der Waals surface area contributed by atoms with Crippen LogP contribution >= 0.6 is 11.6 Å². The van der Waals surface area contributed by atoms with E-state index >= 15 is 0 Å². The van der Waals surface area contributed by atoms with Gasteiger partial charge in [0, 0.05) is 5.02 Å². The summed E-state index contributed by atoms with van der Waals surface area (Å²) < 4.78 is 0. The highest BCUT2D eigenvalue weighted by Gasteiger charge is 2.42. The lowest BCUT2D eigenvalue weighted by Gasteiger charge is -2.37. The number of carboxylic acids is 1.